The van der Waals surface area contributed by atoms with Gasteiger partial charge >= 0.3 is 0 Å². The van der Waals surface area contributed by atoms with Crippen molar-refractivity contribution in [2.75, 3.05) is 18.8 Å². The molecule has 1 aliphatic heterocycles. The minimum atomic E-state index is 0.390. The maximum absolute atomic E-state index is 5.86. The number of anilines is 1. The smallest absolute Gasteiger partial charge is 0.165 e. The van der Waals surface area contributed by atoms with E-state index in [0.29, 0.717) is 17.4 Å². The monoisotopic (exact) mass is 378 g/mol. The number of hydrogen-bond donors (Lipinski definition) is 1. The predicted octanol–water partition coefficient (Wildman–Crippen LogP) is 2.68. The number of nitrogens with zero attached hydrogens (tertiary/aromatic N) is 5. The van der Waals surface area contributed by atoms with E-state index in [2.05, 4.69) is 51.8 Å². The lowest BCUT2D eigenvalue weighted by molar-refractivity contribution is 0.317. The van der Waals surface area contributed by atoms with E-state index in [4.69, 9.17) is 5.73 Å². The van der Waals surface area contributed by atoms with Crippen LogP contribution in [-0.4, -0.2) is 37.5 Å². The number of likely N-dealkylation sites (tertiary alicyclic amines) is 1. The van der Waals surface area contributed by atoms with Gasteiger partial charge in [-0.15, -0.1) is 11.3 Å². The standard InChI is InChI=1S/C14H15BrN6S/c15-11-3-9(6-22-11)4-20-2-1-10(5-20)21-8-19-12-13(16)17-7-18-14(12)21/h3,6-8,10H,1-2,4-5H2,(H2,16,17,18). The molecule has 0 saturated carbocycles. The molecule has 1 atom stereocenters. The number of fused-ring (bicyclic) bond motifs is 1. The predicted molar refractivity (Wildman–Crippen MR) is 90.7 cm³/mol. The van der Waals surface area contributed by atoms with E-state index < -0.39 is 0 Å². The van der Waals surface area contributed by atoms with Crippen molar-refractivity contribution in [2.24, 2.45) is 0 Å². The number of halogens is 1. The molecule has 8 heteroatoms. The van der Waals surface area contributed by atoms with Gasteiger partial charge in [0.05, 0.1) is 16.2 Å². The molecule has 22 heavy (non-hydrogen) atoms. The summed E-state index contributed by atoms with van der Waals surface area (Å²) in [6.07, 6.45) is 4.44. The summed E-state index contributed by atoms with van der Waals surface area (Å²) in [5, 5.41) is 2.21. The summed E-state index contributed by atoms with van der Waals surface area (Å²) in [7, 11) is 0. The third-order valence-electron chi connectivity index (χ3n) is 4.06. The average Bonchev–Trinajstić information content (AvgIpc) is 3.19. The molecule has 0 aromatic carbocycles. The van der Waals surface area contributed by atoms with Crippen LogP contribution in [0.2, 0.25) is 0 Å². The maximum Gasteiger partial charge on any atom is 0.165 e. The van der Waals surface area contributed by atoms with Gasteiger partial charge in [-0.05, 0) is 39.4 Å². The molecule has 1 unspecified atom stereocenters. The maximum atomic E-state index is 5.86. The SMILES string of the molecule is Nc1ncnc2c1ncn2C1CCN(Cc2csc(Br)c2)C1. The van der Waals surface area contributed by atoms with Crippen molar-refractivity contribution < 1.29 is 0 Å². The van der Waals surface area contributed by atoms with Gasteiger partial charge in [-0.1, -0.05) is 0 Å². The number of rotatable bonds is 3. The lowest BCUT2D eigenvalue weighted by Crippen LogP contribution is -2.20. The highest BCUT2D eigenvalue weighted by atomic mass is 79.9. The van der Waals surface area contributed by atoms with Gasteiger partial charge in [-0.25, -0.2) is 15.0 Å². The third kappa shape index (κ3) is 2.51. The normalized spacial score (nSPS) is 19.2. The molecule has 0 bridgehead atoms. The van der Waals surface area contributed by atoms with E-state index in [-0.39, 0.29) is 0 Å². The molecule has 2 N–H and O–H groups in total. The Bertz CT molecular complexity index is 813. The van der Waals surface area contributed by atoms with E-state index >= 15 is 0 Å². The summed E-state index contributed by atoms with van der Waals surface area (Å²) in [6.45, 7) is 3.07. The minimum Gasteiger partial charge on any atom is -0.382 e. The Morgan fingerprint density at radius 1 is 1.36 bits per heavy atom. The van der Waals surface area contributed by atoms with Crippen LogP contribution in [0.5, 0.6) is 0 Å². The minimum absolute atomic E-state index is 0.390. The summed E-state index contributed by atoms with van der Waals surface area (Å²) >= 11 is 5.25. The van der Waals surface area contributed by atoms with Crippen LogP contribution in [0.1, 0.15) is 18.0 Å². The molecule has 4 rings (SSSR count). The second kappa shape index (κ2) is 5.60. The van der Waals surface area contributed by atoms with Crippen LogP contribution in [0.4, 0.5) is 5.82 Å². The number of imidazole rings is 1. The third-order valence-corrected chi connectivity index (χ3v) is 5.61. The zero-order valence-corrected chi connectivity index (χ0v) is 14.2. The van der Waals surface area contributed by atoms with Gasteiger partial charge in [0.25, 0.3) is 0 Å². The van der Waals surface area contributed by atoms with Gasteiger partial charge in [-0.3, -0.25) is 4.90 Å². The molecule has 1 fully saturated rings. The number of nitrogens with two attached hydrogens (primary N) is 1. The molecule has 0 aliphatic carbocycles. The Kier molecular flexibility index (Phi) is 3.59. The average molecular weight is 379 g/mol. The second-order valence-corrected chi connectivity index (χ2v) is 7.81. The van der Waals surface area contributed by atoms with E-state index in [1.807, 2.05) is 6.33 Å². The number of aromatic nitrogens is 4. The summed E-state index contributed by atoms with van der Waals surface area (Å²) in [5.74, 6) is 0.446. The fourth-order valence-corrected chi connectivity index (χ4v) is 4.21. The quantitative estimate of drug-likeness (QED) is 0.758. The Labute approximate surface area is 140 Å². The van der Waals surface area contributed by atoms with Crippen molar-refractivity contribution >= 4 is 44.2 Å². The Morgan fingerprint density at radius 3 is 3.09 bits per heavy atom. The molecule has 0 spiro atoms. The first-order valence-corrected chi connectivity index (χ1v) is 8.76. The number of thiophene rings is 1. The van der Waals surface area contributed by atoms with E-state index in [1.165, 1.54) is 15.7 Å². The van der Waals surface area contributed by atoms with Crippen LogP contribution in [0.25, 0.3) is 11.2 Å². The van der Waals surface area contributed by atoms with Crippen LogP contribution >= 0.6 is 27.3 Å². The highest BCUT2D eigenvalue weighted by Crippen LogP contribution is 2.28. The molecule has 6 nitrogen and oxygen atoms in total. The molecular weight excluding hydrogens is 364 g/mol. The van der Waals surface area contributed by atoms with Gasteiger partial charge in [0.1, 0.15) is 11.8 Å². The lowest BCUT2D eigenvalue weighted by atomic mass is 10.2. The van der Waals surface area contributed by atoms with Gasteiger partial charge < -0.3 is 10.3 Å². The van der Waals surface area contributed by atoms with Gasteiger partial charge in [0.2, 0.25) is 0 Å². The summed E-state index contributed by atoms with van der Waals surface area (Å²) < 4.78 is 3.32. The Hall–Kier alpha value is -1.51. The largest absolute Gasteiger partial charge is 0.382 e. The second-order valence-electron chi connectivity index (χ2n) is 5.52. The van der Waals surface area contributed by atoms with Crippen molar-refractivity contribution in [3.8, 4) is 0 Å². The van der Waals surface area contributed by atoms with Crippen molar-refractivity contribution in [3.63, 3.8) is 0 Å². The first kappa shape index (κ1) is 14.1. The Balaban J connectivity index is 1.53. The van der Waals surface area contributed by atoms with Crippen LogP contribution in [0.3, 0.4) is 0 Å². The van der Waals surface area contributed by atoms with Crippen molar-refractivity contribution in [3.05, 3.63) is 33.5 Å². The van der Waals surface area contributed by atoms with Gasteiger partial charge in [-0.2, -0.15) is 0 Å². The van der Waals surface area contributed by atoms with Crippen molar-refractivity contribution in [1.29, 1.82) is 0 Å². The van der Waals surface area contributed by atoms with Crippen LogP contribution in [-0.2, 0) is 6.54 Å². The molecule has 3 aromatic rings. The molecule has 1 aliphatic rings. The van der Waals surface area contributed by atoms with E-state index in [0.717, 1.165) is 31.7 Å². The first-order valence-electron chi connectivity index (χ1n) is 7.09. The van der Waals surface area contributed by atoms with Crippen molar-refractivity contribution in [2.45, 2.75) is 19.0 Å². The lowest BCUT2D eigenvalue weighted by Gasteiger charge is -2.16. The molecule has 0 radical (unpaired) electrons. The highest BCUT2D eigenvalue weighted by molar-refractivity contribution is 9.11. The summed E-state index contributed by atoms with van der Waals surface area (Å²) in [5.41, 5.74) is 8.75. The molecular formula is C14H15BrN6S. The van der Waals surface area contributed by atoms with Gasteiger partial charge in [0.15, 0.2) is 11.5 Å². The number of hydrogen-bond acceptors (Lipinski definition) is 6. The molecule has 3 aromatic heterocycles. The fraction of sp³-hybridized carbons (Fsp3) is 0.357. The number of nitrogen functional groups attached to an aromatic ring is 1. The van der Waals surface area contributed by atoms with Gasteiger partial charge in [0, 0.05) is 19.6 Å². The topological polar surface area (TPSA) is 72.9 Å². The zero-order chi connectivity index (χ0) is 15.1. The molecule has 0 amide bonds. The van der Waals surface area contributed by atoms with E-state index in [9.17, 15) is 0 Å². The van der Waals surface area contributed by atoms with Crippen LogP contribution in [0.15, 0.2) is 27.9 Å². The zero-order valence-electron chi connectivity index (χ0n) is 11.8. The highest BCUT2D eigenvalue weighted by Gasteiger charge is 2.26. The van der Waals surface area contributed by atoms with Crippen molar-refractivity contribution in [1.82, 2.24) is 24.4 Å². The fourth-order valence-electron chi connectivity index (χ4n) is 3.01. The van der Waals surface area contributed by atoms with Crippen LogP contribution in [0, 0.1) is 0 Å². The van der Waals surface area contributed by atoms with E-state index in [1.54, 1.807) is 11.3 Å². The molecule has 1 saturated heterocycles. The molecule has 114 valence electrons. The van der Waals surface area contributed by atoms with Crippen LogP contribution < -0.4 is 5.73 Å². The molecule has 4 heterocycles. The Morgan fingerprint density at radius 2 is 2.27 bits per heavy atom. The summed E-state index contributed by atoms with van der Waals surface area (Å²) in [6, 6.07) is 2.58. The first-order chi connectivity index (χ1) is 10.7. The summed E-state index contributed by atoms with van der Waals surface area (Å²) in [4.78, 5) is 15.2.